The summed E-state index contributed by atoms with van der Waals surface area (Å²) in [5.74, 6) is -0.645. The Labute approximate surface area is 254 Å². The van der Waals surface area contributed by atoms with Gasteiger partial charge in [0.1, 0.15) is 18.3 Å². The number of ether oxygens (including phenoxy) is 1. The molecule has 0 aliphatic rings. The fourth-order valence-electron chi connectivity index (χ4n) is 4.47. The minimum atomic E-state index is -4.26. The van der Waals surface area contributed by atoms with E-state index in [1.165, 1.54) is 30.2 Å². The second-order valence-corrected chi connectivity index (χ2v) is 13.6. The number of carbonyl (C=O) groups excluding carboxylic acids is 2. The Morgan fingerprint density at radius 3 is 2.05 bits per heavy atom. The summed E-state index contributed by atoms with van der Waals surface area (Å²) in [7, 11) is -2.85. The predicted molar refractivity (Wildman–Crippen MR) is 167 cm³/mol. The third-order valence-corrected chi connectivity index (χ3v) is 8.66. The summed E-state index contributed by atoms with van der Waals surface area (Å²) in [6.07, 6.45) is 0.324. The van der Waals surface area contributed by atoms with Crippen molar-refractivity contribution in [2.24, 2.45) is 0 Å². The molecule has 1 N–H and O–H groups in total. The number of methoxy groups -OCH3 is 1. The van der Waals surface area contributed by atoms with Crippen LogP contribution in [0.1, 0.15) is 50.8 Å². The molecule has 0 bridgehead atoms. The summed E-state index contributed by atoms with van der Waals surface area (Å²) in [5.41, 5.74) is 2.33. The Morgan fingerprint density at radius 1 is 0.952 bits per heavy atom. The number of halogens is 1. The summed E-state index contributed by atoms with van der Waals surface area (Å²) in [4.78, 5) is 29.2. The molecule has 10 heteroatoms. The molecule has 0 saturated carbocycles. The second-order valence-electron chi connectivity index (χ2n) is 11.3. The van der Waals surface area contributed by atoms with Gasteiger partial charge in [-0.1, -0.05) is 66.0 Å². The lowest BCUT2D eigenvalue weighted by Gasteiger charge is -2.35. The summed E-state index contributed by atoms with van der Waals surface area (Å²) in [6.45, 7) is 10.8. The molecule has 0 saturated heterocycles. The van der Waals surface area contributed by atoms with E-state index in [2.05, 4.69) is 5.32 Å². The molecule has 42 heavy (non-hydrogen) atoms. The lowest BCUT2D eigenvalue weighted by Crippen LogP contribution is -2.55. The van der Waals surface area contributed by atoms with Gasteiger partial charge in [-0.15, -0.1) is 0 Å². The van der Waals surface area contributed by atoms with Crippen LogP contribution in [0.15, 0.2) is 71.6 Å². The van der Waals surface area contributed by atoms with E-state index < -0.39 is 34.1 Å². The summed E-state index contributed by atoms with van der Waals surface area (Å²) >= 11 is 6.30. The van der Waals surface area contributed by atoms with Crippen LogP contribution in [0.2, 0.25) is 5.02 Å². The van der Waals surface area contributed by atoms with Gasteiger partial charge in [-0.3, -0.25) is 13.9 Å². The third kappa shape index (κ3) is 8.26. The zero-order chi connectivity index (χ0) is 31.2. The van der Waals surface area contributed by atoms with Gasteiger partial charge in [0.2, 0.25) is 11.8 Å². The Bertz CT molecular complexity index is 1500. The molecule has 0 radical (unpaired) electrons. The molecule has 0 unspecified atom stereocenters. The summed E-state index contributed by atoms with van der Waals surface area (Å²) in [5, 5.41) is 3.24. The molecule has 3 rings (SSSR count). The minimum absolute atomic E-state index is 0.00512. The number of carbonyl (C=O) groups is 2. The molecule has 1 atom stereocenters. The van der Waals surface area contributed by atoms with Crippen molar-refractivity contribution < 1.29 is 22.7 Å². The quantitative estimate of drug-likeness (QED) is 0.291. The first kappa shape index (κ1) is 32.9. The lowest BCUT2D eigenvalue weighted by atomic mass is 10.1. The highest BCUT2D eigenvalue weighted by atomic mass is 35.5. The molecule has 0 aromatic heterocycles. The SMILES string of the molecule is CC[C@@H](C(=O)NC(C)(C)C)N(Cc1ccc(C)cc1)C(=O)CN(c1cc(Cl)ccc1OC)S(=O)(=O)c1ccc(C)cc1. The van der Waals surface area contributed by atoms with Crippen molar-refractivity contribution in [3.63, 3.8) is 0 Å². The van der Waals surface area contributed by atoms with Crippen molar-refractivity contribution in [1.82, 2.24) is 10.2 Å². The highest BCUT2D eigenvalue weighted by molar-refractivity contribution is 7.92. The number of nitrogens with zero attached hydrogens (tertiary/aromatic N) is 2. The van der Waals surface area contributed by atoms with Crippen molar-refractivity contribution >= 4 is 39.1 Å². The molecular formula is C32H40ClN3O5S. The highest BCUT2D eigenvalue weighted by Gasteiger charge is 2.35. The Balaban J connectivity index is 2.14. The molecule has 3 aromatic carbocycles. The van der Waals surface area contributed by atoms with E-state index in [4.69, 9.17) is 16.3 Å². The summed E-state index contributed by atoms with van der Waals surface area (Å²) in [6, 6.07) is 17.8. The smallest absolute Gasteiger partial charge is 0.264 e. The van der Waals surface area contributed by atoms with Crippen molar-refractivity contribution in [2.75, 3.05) is 18.0 Å². The Kier molecular flexibility index (Phi) is 10.7. The average Bonchev–Trinajstić information content (AvgIpc) is 2.91. The van der Waals surface area contributed by atoms with Gasteiger partial charge >= 0.3 is 0 Å². The maximum absolute atomic E-state index is 14.3. The van der Waals surface area contributed by atoms with E-state index in [0.717, 1.165) is 21.0 Å². The van der Waals surface area contributed by atoms with Crippen LogP contribution in [-0.2, 0) is 26.2 Å². The molecular weight excluding hydrogens is 574 g/mol. The van der Waals surface area contributed by atoms with Gasteiger partial charge in [0.25, 0.3) is 10.0 Å². The normalized spacial score (nSPS) is 12.4. The molecule has 0 fully saturated rings. The van der Waals surface area contributed by atoms with Gasteiger partial charge in [0.15, 0.2) is 0 Å². The van der Waals surface area contributed by atoms with E-state index in [-0.39, 0.29) is 33.8 Å². The highest BCUT2D eigenvalue weighted by Crippen LogP contribution is 2.35. The molecule has 0 heterocycles. The number of rotatable bonds is 11. The number of hydrogen-bond acceptors (Lipinski definition) is 5. The zero-order valence-electron chi connectivity index (χ0n) is 25.3. The van der Waals surface area contributed by atoms with Crippen LogP contribution in [0.4, 0.5) is 5.69 Å². The largest absolute Gasteiger partial charge is 0.495 e. The number of anilines is 1. The van der Waals surface area contributed by atoms with Gasteiger partial charge in [0.05, 0.1) is 17.7 Å². The van der Waals surface area contributed by atoms with E-state index in [1.54, 1.807) is 24.3 Å². The minimum Gasteiger partial charge on any atom is -0.495 e. The van der Waals surface area contributed by atoms with Crippen LogP contribution in [0, 0.1) is 13.8 Å². The maximum Gasteiger partial charge on any atom is 0.264 e. The molecule has 0 aliphatic carbocycles. The Hall–Kier alpha value is -3.56. The van der Waals surface area contributed by atoms with E-state index in [1.807, 2.05) is 65.8 Å². The monoisotopic (exact) mass is 613 g/mol. The first-order chi connectivity index (χ1) is 19.7. The molecule has 0 spiro atoms. The first-order valence-electron chi connectivity index (χ1n) is 13.8. The van der Waals surface area contributed by atoms with E-state index in [9.17, 15) is 18.0 Å². The van der Waals surface area contributed by atoms with Crippen LogP contribution < -0.4 is 14.4 Å². The van der Waals surface area contributed by atoms with Gasteiger partial charge in [0, 0.05) is 17.1 Å². The van der Waals surface area contributed by atoms with Crippen molar-refractivity contribution in [2.45, 2.75) is 71.0 Å². The standard InChI is InChI=1S/C32H40ClN3O5S/c1-8-27(31(38)34-32(4,5)6)35(20-24-13-9-22(2)10-14-24)30(37)21-36(28-19-25(33)15-18-29(28)41-7)42(39,40)26-16-11-23(3)12-17-26/h9-19,27H,8,20-21H2,1-7H3,(H,34,38)/t27-/m0/s1. The van der Waals surface area contributed by atoms with Crippen LogP contribution >= 0.6 is 11.6 Å². The van der Waals surface area contributed by atoms with E-state index in [0.29, 0.717) is 6.42 Å². The number of benzene rings is 3. The van der Waals surface area contributed by atoms with Crippen LogP contribution in [-0.4, -0.2) is 50.4 Å². The molecule has 226 valence electrons. The maximum atomic E-state index is 14.3. The predicted octanol–water partition coefficient (Wildman–Crippen LogP) is 5.88. The number of sulfonamides is 1. The Morgan fingerprint density at radius 2 is 1.52 bits per heavy atom. The molecule has 8 nitrogen and oxygen atoms in total. The van der Waals surface area contributed by atoms with Gasteiger partial charge in [-0.05, 0) is 76.9 Å². The molecule has 3 aromatic rings. The van der Waals surface area contributed by atoms with Crippen molar-refractivity contribution in [3.8, 4) is 5.75 Å². The van der Waals surface area contributed by atoms with Crippen molar-refractivity contribution in [1.29, 1.82) is 0 Å². The molecule has 0 aliphatic heterocycles. The number of amides is 2. The fraction of sp³-hybridized carbons (Fsp3) is 0.375. The van der Waals surface area contributed by atoms with Gasteiger partial charge in [-0.25, -0.2) is 8.42 Å². The third-order valence-electron chi connectivity index (χ3n) is 6.66. The van der Waals surface area contributed by atoms with Gasteiger partial charge < -0.3 is 15.0 Å². The second kappa shape index (κ2) is 13.6. The number of hydrogen-bond donors (Lipinski definition) is 1. The topological polar surface area (TPSA) is 96.0 Å². The van der Waals surface area contributed by atoms with Crippen LogP contribution in [0.3, 0.4) is 0 Å². The number of nitrogens with one attached hydrogen (secondary N) is 1. The number of aryl methyl sites for hydroxylation is 2. The molecule has 2 amide bonds. The average molecular weight is 614 g/mol. The van der Waals surface area contributed by atoms with Crippen LogP contribution in [0.25, 0.3) is 0 Å². The fourth-order valence-corrected chi connectivity index (χ4v) is 6.05. The summed E-state index contributed by atoms with van der Waals surface area (Å²) < 4.78 is 34.7. The van der Waals surface area contributed by atoms with Crippen molar-refractivity contribution in [3.05, 3.63) is 88.4 Å². The van der Waals surface area contributed by atoms with E-state index >= 15 is 0 Å². The zero-order valence-corrected chi connectivity index (χ0v) is 26.8. The first-order valence-corrected chi connectivity index (χ1v) is 15.6. The lowest BCUT2D eigenvalue weighted by molar-refractivity contribution is -0.141. The van der Waals surface area contributed by atoms with Gasteiger partial charge in [-0.2, -0.15) is 0 Å². The van der Waals surface area contributed by atoms with Crippen LogP contribution in [0.5, 0.6) is 5.75 Å².